The zero-order valence-corrected chi connectivity index (χ0v) is 16.4. The van der Waals surface area contributed by atoms with Crippen molar-refractivity contribution in [2.45, 2.75) is 18.4 Å². The predicted molar refractivity (Wildman–Crippen MR) is 105 cm³/mol. The Kier molecular flexibility index (Phi) is 5.86. The summed E-state index contributed by atoms with van der Waals surface area (Å²) in [6.07, 6.45) is 5.21. The van der Waals surface area contributed by atoms with E-state index in [2.05, 4.69) is 20.1 Å². The van der Waals surface area contributed by atoms with E-state index in [0.717, 1.165) is 22.4 Å². The highest BCUT2D eigenvalue weighted by Crippen LogP contribution is 2.20. The first kappa shape index (κ1) is 19.7. The smallest absolute Gasteiger partial charge is 0.241 e. The number of carbonyl (C=O) groups excluding carboxylic acids is 1. The van der Waals surface area contributed by atoms with Crippen LogP contribution >= 0.6 is 0 Å². The van der Waals surface area contributed by atoms with Crippen molar-refractivity contribution in [1.82, 2.24) is 24.8 Å². The number of pyridine rings is 1. The van der Waals surface area contributed by atoms with Crippen LogP contribution in [0.2, 0.25) is 0 Å². The van der Waals surface area contributed by atoms with E-state index in [1.807, 2.05) is 19.3 Å². The van der Waals surface area contributed by atoms with Crippen molar-refractivity contribution in [1.29, 1.82) is 0 Å². The lowest BCUT2D eigenvalue weighted by Gasteiger charge is -2.10. The Hall–Kier alpha value is -3.04. The van der Waals surface area contributed by atoms with Gasteiger partial charge in [-0.1, -0.05) is 18.2 Å². The number of amides is 1. The van der Waals surface area contributed by atoms with E-state index in [1.165, 1.54) is 6.07 Å². The van der Waals surface area contributed by atoms with E-state index in [4.69, 9.17) is 0 Å². The molecule has 0 saturated carbocycles. The second kappa shape index (κ2) is 8.32. The Morgan fingerprint density at radius 1 is 1.21 bits per heavy atom. The van der Waals surface area contributed by atoms with Crippen LogP contribution in [0.25, 0.3) is 11.3 Å². The summed E-state index contributed by atoms with van der Waals surface area (Å²) in [6, 6.07) is 10.1. The standard InChI is InChI=1S/C19H21N5O3S/c1-14-5-3-7-17(9-14)28(26,27)23-12-18(25)21-10-15-6-4-8-20-19(15)16-11-22-24(2)13-16/h3-9,11,13,23H,10,12H2,1-2H3,(H,21,25). The fourth-order valence-electron chi connectivity index (χ4n) is 2.67. The normalized spacial score (nSPS) is 11.4. The molecule has 0 aliphatic rings. The summed E-state index contributed by atoms with van der Waals surface area (Å²) in [6.45, 7) is 1.68. The topological polar surface area (TPSA) is 106 Å². The van der Waals surface area contributed by atoms with Crippen LogP contribution in [0.3, 0.4) is 0 Å². The summed E-state index contributed by atoms with van der Waals surface area (Å²) in [5.74, 6) is -0.433. The van der Waals surface area contributed by atoms with Crippen LogP contribution in [0, 0.1) is 6.92 Å². The molecule has 0 bridgehead atoms. The summed E-state index contributed by atoms with van der Waals surface area (Å²) in [5.41, 5.74) is 3.20. The quantitative estimate of drug-likeness (QED) is 0.624. The number of aromatic nitrogens is 3. The molecule has 1 amide bonds. The van der Waals surface area contributed by atoms with Gasteiger partial charge in [0.2, 0.25) is 15.9 Å². The maximum Gasteiger partial charge on any atom is 0.241 e. The Morgan fingerprint density at radius 3 is 2.75 bits per heavy atom. The Morgan fingerprint density at radius 2 is 2.04 bits per heavy atom. The van der Waals surface area contributed by atoms with Crippen LogP contribution in [0.5, 0.6) is 0 Å². The number of aryl methyl sites for hydroxylation is 2. The van der Waals surface area contributed by atoms with Crippen LogP contribution in [0.15, 0.2) is 59.9 Å². The van der Waals surface area contributed by atoms with Gasteiger partial charge in [-0.05, 0) is 36.2 Å². The monoisotopic (exact) mass is 399 g/mol. The number of hydrogen-bond donors (Lipinski definition) is 2. The molecule has 0 atom stereocenters. The molecule has 0 radical (unpaired) electrons. The lowest BCUT2D eigenvalue weighted by Crippen LogP contribution is -2.36. The van der Waals surface area contributed by atoms with Crippen LogP contribution in [0.4, 0.5) is 0 Å². The molecule has 146 valence electrons. The highest BCUT2D eigenvalue weighted by molar-refractivity contribution is 7.89. The fraction of sp³-hybridized carbons (Fsp3) is 0.211. The van der Waals surface area contributed by atoms with Gasteiger partial charge in [0, 0.05) is 31.5 Å². The van der Waals surface area contributed by atoms with Gasteiger partial charge in [0.05, 0.1) is 23.3 Å². The highest BCUT2D eigenvalue weighted by Gasteiger charge is 2.16. The first-order valence-electron chi connectivity index (χ1n) is 8.61. The van der Waals surface area contributed by atoms with Crippen molar-refractivity contribution < 1.29 is 13.2 Å². The number of hydrogen-bond acceptors (Lipinski definition) is 5. The molecule has 0 aliphatic heterocycles. The summed E-state index contributed by atoms with van der Waals surface area (Å²) in [4.78, 5) is 16.6. The zero-order chi connectivity index (χ0) is 20.1. The van der Waals surface area contributed by atoms with Gasteiger partial charge >= 0.3 is 0 Å². The van der Waals surface area contributed by atoms with Gasteiger partial charge in [0.25, 0.3) is 0 Å². The Bertz CT molecular complexity index is 1090. The van der Waals surface area contributed by atoms with Gasteiger partial charge in [0.15, 0.2) is 0 Å². The van der Waals surface area contributed by atoms with E-state index in [1.54, 1.807) is 48.3 Å². The van der Waals surface area contributed by atoms with Crippen molar-refractivity contribution in [3.05, 3.63) is 66.1 Å². The summed E-state index contributed by atoms with van der Waals surface area (Å²) in [5, 5.41) is 6.85. The summed E-state index contributed by atoms with van der Waals surface area (Å²) < 4.78 is 28.6. The maximum atomic E-state index is 12.3. The molecular formula is C19H21N5O3S. The molecule has 2 N–H and O–H groups in total. The number of carbonyl (C=O) groups is 1. The largest absolute Gasteiger partial charge is 0.351 e. The van der Waals surface area contributed by atoms with E-state index in [-0.39, 0.29) is 18.0 Å². The number of nitrogens with one attached hydrogen (secondary N) is 2. The third kappa shape index (κ3) is 4.81. The Labute approximate surface area is 163 Å². The zero-order valence-electron chi connectivity index (χ0n) is 15.6. The van der Waals surface area contributed by atoms with Crippen molar-refractivity contribution >= 4 is 15.9 Å². The van der Waals surface area contributed by atoms with Gasteiger partial charge in [-0.15, -0.1) is 0 Å². The second-order valence-electron chi connectivity index (χ2n) is 6.33. The lowest BCUT2D eigenvalue weighted by atomic mass is 10.1. The second-order valence-corrected chi connectivity index (χ2v) is 8.10. The average Bonchev–Trinajstić information content (AvgIpc) is 3.11. The van der Waals surface area contributed by atoms with Crippen molar-refractivity contribution in [3.8, 4) is 11.3 Å². The van der Waals surface area contributed by atoms with Crippen LogP contribution < -0.4 is 10.0 Å². The number of benzene rings is 1. The van der Waals surface area contributed by atoms with E-state index < -0.39 is 15.9 Å². The van der Waals surface area contributed by atoms with Crippen LogP contribution in [-0.4, -0.2) is 35.6 Å². The molecule has 8 nitrogen and oxygen atoms in total. The average molecular weight is 399 g/mol. The van der Waals surface area contributed by atoms with Crippen molar-refractivity contribution in [2.24, 2.45) is 7.05 Å². The molecule has 0 saturated heterocycles. The molecule has 0 unspecified atom stereocenters. The van der Waals surface area contributed by atoms with E-state index in [0.29, 0.717) is 0 Å². The first-order chi connectivity index (χ1) is 13.3. The SMILES string of the molecule is Cc1cccc(S(=O)(=O)NCC(=O)NCc2cccnc2-c2cnn(C)c2)c1. The first-order valence-corrected chi connectivity index (χ1v) is 10.1. The summed E-state index contributed by atoms with van der Waals surface area (Å²) >= 11 is 0. The third-order valence-corrected chi connectivity index (χ3v) is 5.47. The van der Waals surface area contributed by atoms with Crippen molar-refractivity contribution in [2.75, 3.05) is 6.54 Å². The molecule has 9 heteroatoms. The lowest BCUT2D eigenvalue weighted by molar-refractivity contribution is -0.120. The van der Waals surface area contributed by atoms with Gasteiger partial charge in [-0.3, -0.25) is 14.5 Å². The molecule has 2 aromatic heterocycles. The minimum atomic E-state index is -3.74. The molecule has 0 aliphatic carbocycles. The summed E-state index contributed by atoms with van der Waals surface area (Å²) in [7, 11) is -1.93. The van der Waals surface area contributed by atoms with E-state index in [9.17, 15) is 13.2 Å². The molecule has 0 spiro atoms. The highest BCUT2D eigenvalue weighted by atomic mass is 32.2. The third-order valence-electron chi connectivity index (χ3n) is 4.07. The molecular weight excluding hydrogens is 378 g/mol. The molecule has 3 rings (SSSR count). The molecule has 0 fully saturated rings. The molecule has 2 heterocycles. The predicted octanol–water partition coefficient (Wildman–Crippen LogP) is 1.39. The minimum absolute atomic E-state index is 0.131. The van der Waals surface area contributed by atoms with E-state index >= 15 is 0 Å². The number of rotatable bonds is 7. The molecule has 1 aromatic carbocycles. The molecule has 3 aromatic rings. The molecule has 28 heavy (non-hydrogen) atoms. The van der Waals surface area contributed by atoms with Gasteiger partial charge < -0.3 is 5.32 Å². The van der Waals surface area contributed by atoms with Crippen LogP contribution in [0.1, 0.15) is 11.1 Å². The van der Waals surface area contributed by atoms with Crippen molar-refractivity contribution in [3.63, 3.8) is 0 Å². The van der Waals surface area contributed by atoms with Crippen LogP contribution in [-0.2, 0) is 28.4 Å². The maximum absolute atomic E-state index is 12.3. The Balaban J connectivity index is 1.61. The fourth-order valence-corrected chi connectivity index (χ4v) is 3.75. The van der Waals surface area contributed by atoms with Gasteiger partial charge in [-0.2, -0.15) is 5.10 Å². The van der Waals surface area contributed by atoms with Gasteiger partial charge in [-0.25, -0.2) is 13.1 Å². The number of sulfonamides is 1. The van der Waals surface area contributed by atoms with Gasteiger partial charge in [0.1, 0.15) is 0 Å². The minimum Gasteiger partial charge on any atom is -0.351 e. The number of nitrogens with zero attached hydrogens (tertiary/aromatic N) is 3.